The highest BCUT2D eigenvalue weighted by molar-refractivity contribution is 7.89. The van der Waals surface area contributed by atoms with Crippen molar-refractivity contribution < 1.29 is 22.8 Å². The molecule has 32 heavy (non-hydrogen) atoms. The largest absolute Gasteiger partial charge is 0.322 e. The quantitative estimate of drug-likeness (QED) is 0.698. The molecule has 1 N–H and O–H groups in total. The summed E-state index contributed by atoms with van der Waals surface area (Å²) >= 11 is 0. The minimum Gasteiger partial charge on any atom is -0.322 e. The summed E-state index contributed by atoms with van der Waals surface area (Å²) in [5.41, 5.74) is 1.26. The molecule has 0 aliphatic carbocycles. The maximum absolute atomic E-state index is 12.8. The molecule has 2 saturated heterocycles. The van der Waals surface area contributed by atoms with Crippen LogP contribution < -0.4 is 10.2 Å². The van der Waals surface area contributed by atoms with Gasteiger partial charge in [0.2, 0.25) is 21.8 Å². The molecule has 2 aliphatic rings. The molecule has 0 bridgehead atoms. The van der Waals surface area contributed by atoms with Crippen molar-refractivity contribution in [3.63, 3.8) is 0 Å². The average molecular weight is 456 g/mol. The molecule has 0 aromatic heterocycles. The van der Waals surface area contributed by atoms with E-state index in [1.54, 1.807) is 36.4 Å². The lowest BCUT2D eigenvalue weighted by molar-refractivity contribution is -0.121. The monoisotopic (exact) mass is 455 g/mol. The number of carbonyl (C=O) groups excluding carboxylic acids is 3. The van der Waals surface area contributed by atoms with Crippen LogP contribution in [0, 0.1) is 5.92 Å². The Bertz CT molecular complexity index is 1120. The van der Waals surface area contributed by atoms with E-state index in [0.717, 1.165) is 17.7 Å². The van der Waals surface area contributed by atoms with Gasteiger partial charge in [-0.15, -0.1) is 0 Å². The summed E-state index contributed by atoms with van der Waals surface area (Å²) in [5.74, 6) is -0.344. The van der Waals surface area contributed by atoms with Crippen LogP contribution in [0.15, 0.2) is 53.4 Å². The van der Waals surface area contributed by atoms with Crippen molar-refractivity contribution in [1.82, 2.24) is 4.31 Å². The molecular weight excluding hydrogens is 430 g/mol. The number of nitrogens with one attached hydrogen (secondary N) is 1. The molecule has 4 rings (SSSR count). The SMILES string of the molecule is CC1CCN(S(=O)(=O)c2ccc(NC(=O)c3ccc(N4C(=O)CCC4=O)cc3)cc2)CC1. The molecule has 2 aromatic rings. The van der Waals surface area contributed by atoms with Gasteiger partial charge in [-0.25, -0.2) is 8.42 Å². The molecule has 2 aromatic carbocycles. The molecule has 2 fully saturated rings. The van der Waals surface area contributed by atoms with Gasteiger partial charge in [0.05, 0.1) is 10.6 Å². The minimum atomic E-state index is -3.54. The Hall–Kier alpha value is -3.04. The molecule has 0 spiro atoms. The summed E-state index contributed by atoms with van der Waals surface area (Å²) in [6, 6.07) is 12.3. The third-order valence-electron chi connectivity index (χ3n) is 5.93. The maximum atomic E-state index is 12.8. The molecule has 0 atom stereocenters. The van der Waals surface area contributed by atoms with Crippen molar-refractivity contribution in [2.75, 3.05) is 23.3 Å². The second-order valence-corrected chi connectivity index (χ2v) is 10.2. The molecule has 9 heteroatoms. The first-order valence-corrected chi connectivity index (χ1v) is 12.1. The topological polar surface area (TPSA) is 104 Å². The molecular formula is C23H25N3O5S. The predicted octanol–water partition coefficient (Wildman–Crippen LogP) is 3.01. The highest BCUT2D eigenvalue weighted by atomic mass is 32.2. The number of nitrogens with zero attached hydrogens (tertiary/aromatic N) is 2. The number of amides is 3. The lowest BCUT2D eigenvalue weighted by Gasteiger charge is -2.29. The fourth-order valence-corrected chi connectivity index (χ4v) is 5.38. The number of hydrogen-bond acceptors (Lipinski definition) is 5. The third-order valence-corrected chi connectivity index (χ3v) is 7.84. The Morgan fingerprint density at radius 2 is 1.47 bits per heavy atom. The first kappa shape index (κ1) is 22.2. The lowest BCUT2D eigenvalue weighted by atomic mass is 10.0. The number of carbonyl (C=O) groups is 3. The number of imide groups is 1. The molecule has 2 aliphatic heterocycles. The average Bonchev–Trinajstić information content (AvgIpc) is 3.12. The van der Waals surface area contributed by atoms with Gasteiger partial charge in [0.1, 0.15) is 0 Å². The van der Waals surface area contributed by atoms with E-state index in [9.17, 15) is 22.8 Å². The van der Waals surface area contributed by atoms with Crippen LogP contribution in [0.2, 0.25) is 0 Å². The van der Waals surface area contributed by atoms with Crippen LogP contribution in [0.4, 0.5) is 11.4 Å². The van der Waals surface area contributed by atoms with Gasteiger partial charge >= 0.3 is 0 Å². The maximum Gasteiger partial charge on any atom is 0.255 e. The molecule has 0 unspecified atom stereocenters. The Morgan fingerprint density at radius 3 is 2.03 bits per heavy atom. The van der Waals surface area contributed by atoms with Gasteiger partial charge < -0.3 is 5.32 Å². The first-order valence-electron chi connectivity index (χ1n) is 10.6. The van der Waals surface area contributed by atoms with Crippen LogP contribution in [-0.4, -0.2) is 43.5 Å². The summed E-state index contributed by atoms with van der Waals surface area (Å²) in [5, 5.41) is 2.73. The Morgan fingerprint density at radius 1 is 0.906 bits per heavy atom. The van der Waals surface area contributed by atoms with E-state index < -0.39 is 10.0 Å². The Labute approximate surface area is 187 Å². The second kappa shape index (κ2) is 8.84. The van der Waals surface area contributed by atoms with Crippen LogP contribution in [0.1, 0.15) is 43.0 Å². The van der Waals surface area contributed by atoms with Gasteiger partial charge in [-0.2, -0.15) is 4.31 Å². The second-order valence-electron chi connectivity index (χ2n) is 8.23. The van der Waals surface area contributed by atoms with Gasteiger partial charge in [-0.05, 0) is 67.3 Å². The van der Waals surface area contributed by atoms with E-state index >= 15 is 0 Å². The number of piperidine rings is 1. The van der Waals surface area contributed by atoms with Crippen molar-refractivity contribution in [3.8, 4) is 0 Å². The first-order chi connectivity index (χ1) is 15.3. The fraction of sp³-hybridized carbons (Fsp3) is 0.348. The van der Waals surface area contributed by atoms with Gasteiger partial charge in [0, 0.05) is 37.2 Å². The van der Waals surface area contributed by atoms with E-state index in [-0.39, 0.29) is 35.5 Å². The summed E-state index contributed by atoms with van der Waals surface area (Å²) in [6.07, 6.45) is 2.10. The fourth-order valence-electron chi connectivity index (χ4n) is 3.91. The summed E-state index contributed by atoms with van der Waals surface area (Å²) in [6.45, 7) is 3.17. The standard InChI is InChI=1S/C23H25N3O5S/c1-16-12-14-25(15-13-16)32(30,31)20-8-4-18(5-9-20)24-23(29)17-2-6-19(7-3-17)26-21(27)10-11-22(26)28/h2-9,16H,10-15H2,1H3,(H,24,29). The highest BCUT2D eigenvalue weighted by Gasteiger charge is 2.30. The molecule has 0 radical (unpaired) electrons. The van der Waals surface area contributed by atoms with Crippen molar-refractivity contribution in [1.29, 1.82) is 0 Å². The van der Waals surface area contributed by atoms with Crippen LogP contribution in [0.3, 0.4) is 0 Å². The zero-order chi connectivity index (χ0) is 22.9. The molecule has 168 valence electrons. The minimum absolute atomic E-state index is 0.198. The number of hydrogen-bond donors (Lipinski definition) is 1. The van der Waals surface area contributed by atoms with E-state index in [2.05, 4.69) is 12.2 Å². The van der Waals surface area contributed by atoms with Gasteiger partial charge in [-0.3, -0.25) is 19.3 Å². The van der Waals surface area contributed by atoms with Crippen molar-refractivity contribution in [2.24, 2.45) is 5.92 Å². The van der Waals surface area contributed by atoms with E-state index in [1.807, 2.05) is 0 Å². The van der Waals surface area contributed by atoms with Gasteiger partial charge in [0.25, 0.3) is 5.91 Å². The van der Waals surface area contributed by atoms with Gasteiger partial charge in [-0.1, -0.05) is 6.92 Å². The van der Waals surface area contributed by atoms with Crippen molar-refractivity contribution in [2.45, 2.75) is 37.5 Å². The molecule has 3 amide bonds. The van der Waals surface area contributed by atoms with Crippen molar-refractivity contribution >= 4 is 39.1 Å². The highest BCUT2D eigenvalue weighted by Crippen LogP contribution is 2.25. The number of sulfonamides is 1. The zero-order valence-corrected chi connectivity index (χ0v) is 18.6. The summed E-state index contributed by atoms with van der Waals surface area (Å²) in [7, 11) is -3.54. The van der Waals surface area contributed by atoms with Crippen LogP contribution >= 0.6 is 0 Å². The summed E-state index contributed by atoms with van der Waals surface area (Å²) < 4.78 is 27.2. The van der Waals surface area contributed by atoms with Crippen LogP contribution in [0.5, 0.6) is 0 Å². The smallest absolute Gasteiger partial charge is 0.255 e. The Balaban J connectivity index is 1.42. The molecule has 2 heterocycles. The van der Waals surface area contributed by atoms with E-state index in [4.69, 9.17) is 0 Å². The van der Waals surface area contributed by atoms with Crippen LogP contribution in [0.25, 0.3) is 0 Å². The number of benzene rings is 2. The van der Waals surface area contributed by atoms with E-state index in [0.29, 0.717) is 35.9 Å². The number of rotatable bonds is 5. The van der Waals surface area contributed by atoms with Gasteiger partial charge in [0.15, 0.2) is 0 Å². The zero-order valence-electron chi connectivity index (χ0n) is 17.8. The van der Waals surface area contributed by atoms with Crippen LogP contribution in [-0.2, 0) is 19.6 Å². The normalized spacial score (nSPS) is 18.2. The lowest BCUT2D eigenvalue weighted by Crippen LogP contribution is -2.37. The molecule has 8 nitrogen and oxygen atoms in total. The third kappa shape index (κ3) is 4.44. The van der Waals surface area contributed by atoms with Crippen molar-refractivity contribution in [3.05, 3.63) is 54.1 Å². The molecule has 0 saturated carbocycles. The van der Waals surface area contributed by atoms with E-state index in [1.165, 1.54) is 16.4 Å². The number of anilines is 2. The predicted molar refractivity (Wildman–Crippen MR) is 120 cm³/mol. The Kier molecular flexibility index (Phi) is 6.12. The summed E-state index contributed by atoms with van der Waals surface area (Å²) in [4.78, 5) is 37.6.